The van der Waals surface area contributed by atoms with Gasteiger partial charge >= 0.3 is 0 Å². The molecule has 2 heteroatoms. The molecule has 0 bridgehead atoms. The third-order valence-electron chi connectivity index (χ3n) is 3.46. The molecule has 3 aromatic rings. The van der Waals surface area contributed by atoms with Crippen LogP contribution in [-0.2, 0) is 17.1 Å². The maximum atomic E-state index is 6.06. The summed E-state index contributed by atoms with van der Waals surface area (Å²) in [6.45, 7) is 2.21. The average Bonchev–Trinajstić information content (AvgIpc) is 3.28. The molecule has 1 atom stereocenters. The number of hydrogen-bond donors (Lipinski definition) is 0. The van der Waals surface area contributed by atoms with Gasteiger partial charge in [0.15, 0.2) is 0 Å². The van der Waals surface area contributed by atoms with Gasteiger partial charge in [-0.3, -0.25) is 0 Å². The molecular formula is C21H24FeO-6. The minimum Gasteiger partial charge on any atom is -0.748 e. The van der Waals surface area contributed by atoms with Gasteiger partial charge in [-0.15, -0.1) is 5.56 Å². The minimum atomic E-state index is 0. The molecule has 0 radical (unpaired) electrons. The molecule has 1 unspecified atom stereocenters. The van der Waals surface area contributed by atoms with E-state index in [1.807, 2.05) is 60.7 Å². The van der Waals surface area contributed by atoms with Crippen molar-refractivity contribution in [2.75, 3.05) is 0 Å². The Balaban J connectivity index is 0.000000377. The second kappa shape index (κ2) is 11.8. The first-order valence-corrected chi connectivity index (χ1v) is 8.00. The zero-order valence-corrected chi connectivity index (χ0v) is 14.6. The van der Waals surface area contributed by atoms with Gasteiger partial charge in [-0.2, -0.15) is 12.1 Å². The van der Waals surface area contributed by atoms with E-state index in [0.717, 1.165) is 12.2 Å². The fourth-order valence-electron chi connectivity index (χ4n) is 2.27. The monoisotopic (exact) mass is 348 g/mol. The van der Waals surface area contributed by atoms with E-state index < -0.39 is 0 Å². The van der Waals surface area contributed by atoms with E-state index in [9.17, 15) is 0 Å². The summed E-state index contributed by atoms with van der Waals surface area (Å²) < 4.78 is 6.06. The van der Waals surface area contributed by atoms with Crippen molar-refractivity contribution >= 4 is 0 Å². The molecule has 1 nitrogen and oxygen atoms in total. The van der Waals surface area contributed by atoms with Gasteiger partial charge in [-0.25, -0.2) is 12.1 Å². The van der Waals surface area contributed by atoms with Gasteiger partial charge < -0.3 is 35.1 Å². The molecule has 0 aliphatic rings. The van der Waals surface area contributed by atoms with Gasteiger partial charge in [0.05, 0.1) is 6.10 Å². The summed E-state index contributed by atoms with van der Waals surface area (Å²) in [6, 6.07) is 28.5. The predicted molar refractivity (Wildman–Crippen MR) is 93.4 cm³/mol. The SMILES string of the molecule is CCCCC(Oc1ccccc1)[c-]1cccc1.[Fe].[cH-]1[cH-][cH-][cH-][cH-]1. The van der Waals surface area contributed by atoms with Crippen molar-refractivity contribution < 1.29 is 21.8 Å². The molecule has 0 aromatic heterocycles. The summed E-state index contributed by atoms with van der Waals surface area (Å²) in [5.41, 5.74) is 1.28. The zero-order chi connectivity index (χ0) is 15.5. The van der Waals surface area contributed by atoms with Crippen LogP contribution in [0.25, 0.3) is 0 Å². The van der Waals surface area contributed by atoms with Crippen LogP contribution in [0, 0.1) is 0 Å². The Morgan fingerprint density at radius 2 is 1.48 bits per heavy atom. The quantitative estimate of drug-likeness (QED) is 0.385. The van der Waals surface area contributed by atoms with Crippen molar-refractivity contribution in [1.82, 2.24) is 0 Å². The van der Waals surface area contributed by atoms with Crippen molar-refractivity contribution in [1.29, 1.82) is 0 Å². The zero-order valence-electron chi connectivity index (χ0n) is 13.5. The van der Waals surface area contributed by atoms with Crippen LogP contribution in [0.4, 0.5) is 0 Å². The maximum Gasteiger partial charge on any atom is 0.118 e. The maximum absolute atomic E-state index is 6.06. The van der Waals surface area contributed by atoms with Gasteiger partial charge in [0.2, 0.25) is 0 Å². The first-order valence-electron chi connectivity index (χ1n) is 8.00. The Kier molecular flexibility index (Phi) is 9.86. The smallest absolute Gasteiger partial charge is 0.118 e. The molecule has 3 aromatic carbocycles. The Morgan fingerprint density at radius 1 is 0.913 bits per heavy atom. The van der Waals surface area contributed by atoms with Crippen molar-refractivity contribution in [2.45, 2.75) is 32.3 Å². The number of para-hydroxylation sites is 1. The van der Waals surface area contributed by atoms with Gasteiger partial charge in [-0.1, -0.05) is 38.0 Å². The second-order valence-corrected chi connectivity index (χ2v) is 5.24. The van der Waals surface area contributed by atoms with E-state index in [1.165, 1.54) is 18.4 Å². The van der Waals surface area contributed by atoms with Crippen LogP contribution in [0.15, 0.2) is 84.9 Å². The molecule has 0 aliphatic heterocycles. The topological polar surface area (TPSA) is 9.23 Å². The van der Waals surface area contributed by atoms with Crippen LogP contribution < -0.4 is 4.74 Å². The summed E-state index contributed by atoms with van der Waals surface area (Å²) in [6.07, 6.45) is 3.67. The summed E-state index contributed by atoms with van der Waals surface area (Å²) >= 11 is 0. The van der Waals surface area contributed by atoms with Crippen molar-refractivity contribution in [3.8, 4) is 5.75 Å². The van der Waals surface area contributed by atoms with Crippen LogP contribution in [0.1, 0.15) is 37.9 Å². The van der Waals surface area contributed by atoms with Crippen LogP contribution >= 0.6 is 0 Å². The number of benzene rings is 1. The molecule has 3 rings (SSSR count). The van der Waals surface area contributed by atoms with E-state index in [-0.39, 0.29) is 23.2 Å². The van der Waals surface area contributed by atoms with Gasteiger partial charge in [0, 0.05) is 17.1 Å². The summed E-state index contributed by atoms with van der Waals surface area (Å²) in [5.74, 6) is 0.954. The molecule has 0 aliphatic carbocycles. The fourth-order valence-corrected chi connectivity index (χ4v) is 2.27. The number of unbranched alkanes of at least 4 members (excludes halogenated alkanes) is 1. The van der Waals surface area contributed by atoms with Crippen molar-refractivity contribution in [3.05, 3.63) is 90.5 Å². The van der Waals surface area contributed by atoms with Crippen LogP contribution in [0.3, 0.4) is 0 Å². The van der Waals surface area contributed by atoms with Gasteiger partial charge in [0.25, 0.3) is 0 Å². The summed E-state index contributed by atoms with van der Waals surface area (Å²) in [7, 11) is 0. The van der Waals surface area contributed by atoms with Crippen LogP contribution in [0.2, 0.25) is 0 Å². The molecule has 0 saturated heterocycles. The Hall–Kier alpha value is -1.76. The third-order valence-corrected chi connectivity index (χ3v) is 3.46. The molecule has 128 valence electrons. The Bertz CT molecular complexity index is 552. The number of rotatable bonds is 6. The Morgan fingerprint density at radius 3 is 2.00 bits per heavy atom. The second-order valence-electron chi connectivity index (χ2n) is 5.24. The fraction of sp³-hybridized carbons (Fsp3) is 0.238. The normalized spacial score (nSPS) is 10.8. The van der Waals surface area contributed by atoms with Crippen LogP contribution in [0.5, 0.6) is 5.75 Å². The van der Waals surface area contributed by atoms with Crippen LogP contribution in [-0.4, -0.2) is 0 Å². The predicted octanol–water partition coefficient (Wildman–Crippen LogP) is 6.12. The number of ether oxygens (including phenoxy) is 1. The molecule has 0 fully saturated rings. The first kappa shape index (κ1) is 19.3. The largest absolute Gasteiger partial charge is 0.748 e. The van der Waals surface area contributed by atoms with Crippen molar-refractivity contribution in [2.24, 2.45) is 0 Å². The Labute approximate surface area is 150 Å². The number of hydrogen-bond acceptors (Lipinski definition) is 1. The molecule has 0 N–H and O–H groups in total. The average molecular weight is 348 g/mol. The summed E-state index contributed by atoms with van der Waals surface area (Å²) in [5, 5.41) is 0. The van der Waals surface area contributed by atoms with Crippen molar-refractivity contribution in [3.63, 3.8) is 0 Å². The summed E-state index contributed by atoms with van der Waals surface area (Å²) in [4.78, 5) is 0. The van der Waals surface area contributed by atoms with E-state index in [0.29, 0.717) is 0 Å². The molecule has 23 heavy (non-hydrogen) atoms. The first-order chi connectivity index (χ1) is 10.9. The molecule has 0 spiro atoms. The molecule has 0 saturated carbocycles. The molecule has 0 heterocycles. The van der Waals surface area contributed by atoms with Gasteiger partial charge in [-0.05, 0) is 18.6 Å². The van der Waals surface area contributed by atoms with E-state index in [1.54, 1.807) is 0 Å². The molecule has 0 amide bonds. The minimum absolute atomic E-state index is 0. The van der Waals surface area contributed by atoms with Gasteiger partial charge in [0.1, 0.15) is 5.75 Å². The standard InChI is InChI=1S/C16H19O.C5H5.Fe/c1-2-3-13-16(14-9-7-8-10-14)17-15-11-5-4-6-12-15;1-2-4-5-3-1;/h4-12,16H,2-3,13H2,1H3;1-5H;/q-1;-5;. The third kappa shape index (κ3) is 7.36. The van der Waals surface area contributed by atoms with E-state index in [4.69, 9.17) is 4.74 Å². The molecular weight excluding hydrogens is 324 g/mol. The van der Waals surface area contributed by atoms with E-state index in [2.05, 4.69) is 31.2 Å². The van der Waals surface area contributed by atoms with E-state index >= 15 is 0 Å².